The van der Waals surface area contributed by atoms with Crippen LogP contribution in [0, 0.1) is 41.4 Å². The quantitative estimate of drug-likeness (QED) is 0.534. The molecule has 3 heteroatoms. The number of rotatable bonds is 1. The van der Waals surface area contributed by atoms with Gasteiger partial charge in [-0.2, -0.15) is 0 Å². The highest BCUT2D eigenvalue weighted by Gasteiger charge is 2.64. The Balaban J connectivity index is 1.64. The van der Waals surface area contributed by atoms with Gasteiger partial charge in [-0.25, -0.2) is 0 Å². The molecule has 0 radical (unpaired) electrons. The summed E-state index contributed by atoms with van der Waals surface area (Å²) in [7, 11) is 0. The highest BCUT2D eigenvalue weighted by molar-refractivity contribution is 5.91. The molecule has 0 aromatic carbocycles. The molecule has 0 heterocycles. The summed E-state index contributed by atoms with van der Waals surface area (Å²) in [4.78, 5) is 23.5. The maximum absolute atomic E-state index is 11.8. The Morgan fingerprint density at radius 2 is 2.00 bits per heavy atom. The lowest BCUT2D eigenvalue weighted by Gasteiger charge is -2.55. The second-order valence-electron chi connectivity index (χ2n) is 8.86. The summed E-state index contributed by atoms with van der Waals surface area (Å²) in [6.45, 7) is 3.73. The van der Waals surface area contributed by atoms with Crippen molar-refractivity contribution in [3.8, 4) is 12.3 Å². The van der Waals surface area contributed by atoms with E-state index in [0.29, 0.717) is 35.9 Å². The first-order chi connectivity index (χ1) is 11.9. The summed E-state index contributed by atoms with van der Waals surface area (Å²) in [6.07, 6.45) is 15.8. The number of terminal acetylenes is 1. The fraction of sp³-hybridized carbons (Fsp3) is 0.727. The van der Waals surface area contributed by atoms with Crippen LogP contribution in [0.5, 0.6) is 0 Å². The Bertz CT molecular complexity index is 684. The van der Waals surface area contributed by atoms with Gasteiger partial charge >= 0.3 is 5.97 Å². The molecule has 6 atom stereocenters. The van der Waals surface area contributed by atoms with E-state index in [0.717, 1.165) is 44.9 Å². The van der Waals surface area contributed by atoms with Crippen LogP contribution in [0.15, 0.2) is 11.6 Å². The van der Waals surface area contributed by atoms with Gasteiger partial charge in [-0.3, -0.25) is 9.59 Å². The molecular formula is C22H28O3. The first-order valence-corrected chi connectivity index (χ1v) is 9.81. The zero-order valence-corrected chi connectivity index (χ0v) is 15.3. The molecule has 3 fully saturated rings. The van der Waals surface area contributed by atoms with E-state index in [9.17, 15) is 9.59 Å². The highest BCUT2D eigenvalue weighted by atomic mass is 16.6. The molecule has 0 aliphatic heterocycles. The average Bonchev–Trinajstić information content (AvgIpc) is 2.87. The van der Waals surface area contributed by atoms with Crippen LogP contribution in [0.3, 0.4) is 0 Å². The summed E-state index contributed by atoms with van der Waals surface area (Å²) in [5, 5.41) is 0. The predicted molar refractivity (Wildman–Crippen MR) is 95.4 cm³/mol. The van der Waals surface area contributed by atoms with E-state index in [1.165, 1.54) is 12.5 Å². The zero-order valence-electron chi connectivity index (χ0n) is 15.3. The van der Waals surface area contributed by atoms with Crippen molar-refractivity contribution in [1.29, 1.82) is 0 Å². The second kappa shape index (κ2) is 5.73. The lowest BCUT2D eigenvalue weighted by Crippen LogP contribution is -2.53. The topological polar surface area (TPSA) is 43.4 Å². The van der Waals surface area contributed by atoms with Gasteiger partial charge in [0.05, 0.1) is 0 Å². The lowest BCUT2D eigenvalue weighted by atomic mass is 9.50. The number of allylic oxidation sites excluding steroid dienone is 1. The van der Waals surface area contributed by atoms with Gasteiger partial charge in [-0.05, 0) is 74.7 Å². The van der Waals surface area contributed by atoms with Gasteiger partial charge in [0.15, 0.2) is 11.4 Å². The minimum atomic E-state index is -0.729. The third-order valence-electron chi connectivity index (χ3n) is 7.97. The van der Waals surface area contributed by atoms with Gasteiger partial charge in [0, 0.05) is 18.8 Å². The van der Waals surface area contributed by atoms with Crippen molar-refractivity contribution in [2.24, 2.45) is 29.1 Å². The monoisotopic (exact) mass is 340 g/mol. The number of hydrogen-bond acceptors (Lipinski definition) is 3. The Morgan fingerprint density at radius 3 is 2.72 bits per heavy atom. The second-order valence-corrected chi connectivity index (χ2v) is 8.86. The first kappa shape index (κ1) is 16.9. The first-order valence-electron chi connectivity index (χ1n) is 9.81. The molecule has 0 aromatic heterocycles. The van der Waals surface area contributed by atoms with E-state index >= 15 is 0 Å². The minimum absolute atomic E-state index is 0.111. The number of carbonyl (C=O) groups is 2. The Labute approximate surface area is 150 Å². The number of hydrogen-bond donors (Lipinski definition) is 0. The molecule has 4 aliphatic rings. The maximum atomic E-state index is 11.8. The summed E-state index contributed by atoms with van der Waals surface area (Å²) < 4.78 is 5.79. The van der Waals surface area contributed by atoms with Gasteiger partial charge < -0.3 is 4.74 Å². The van der Waals surface area contributed by atoms with Gasteiger partial charge in [0.1, 0.15) is 0 Å². The van der Waals surface area contributed by atoms with Crippen LogP contribution in [-0.2, 0) is 14.3 Å². The molecule has 25 heavy (non-hydrogen) atoms. The molecule has 0 bridgehead atoms. The number of ketones is 1. The Kier molecular flexibility index (Phi) is 3.87. The van der Waals surface area contributed by atoms with E-state index in [-0.39, 0.29) is 11.4 Å². The van der Waals surface area contributed by atoms with Gasteiger partial charge in [0.2, 0.25) is 0 Å². The van der Waals surface area contributed by atoms with Crippen LogP contribution in [-0.4, -0.2) is 17.4 Å². The molecule has 4 aliphatic carbocycles. The van der Waals surface area contributed by atoms with Crippen molar-refractivity contribution in [3.63, 3.8) is 0 Å². The fourth-order valence-corrected chi connectivity index (χ4v) is 6.86. The van der Waals surface area contributed by atoms with Gasteiger partial charge in [-0.1, -0.05) is 18.4 Å². The smallest absolute Gasteiger partial charge is 0.304 e. The predicted octanol–water partition coefficient (Wildman–Crippen LogP) is 4.06. The van der Waals surface area contributed by atoms with Crippen molar-refractivity contribution in [2.45, 2.75) is 70.8 Å². The summed E-state index contributed by atoms with van der Waals surface area (Å²) in [5.74, 6) is 5.41. The molecule has 3 nitrogen and oxygen atoms in total. The largest absolute Gasteiger partial charge is 0.445 e. The SMILES string of the molecule is C#C[C@]1(OC(C)=O)CC[C@H]2[C@H]3CCC4=CC(=O)CC[C@@H]4[C@@H]3CC[C@@]21C. The summed E-state index contributed by atoms with van der Waals surface area (Å²) in [6, 6.07) is 0. The third kappa shape index (κ3) is 2.33. The van der Waals surface area contributed by atoms with Crippen LogP contribution < -0.4 is 0 Å². The van der Waals surface area contributed by atoms with Crippen LogP contribution >= 0.6 is 0 Å². The van der Waals surface area contributed by atoms with Crippen LogP contribution in [0.4, 0.5) is 0 Å². The van der Waals surface area contributed by atoms with Crippen molar-refractivity contribution >= 4 is 11.8 Å². The summed E-state index contributed by atoms with van der Waals surface area (Å²) >= 11 is 0. The number of fused-ring (bicyclic) bond motifs is 5. The fourth-order valence-electron chi connectivity index (χ4n) is 6.86. The lowest BCUT2D eigenvalue weighted by molar-refractivity contribution is -0.167. The maximum Gasteiger partial charge on any atom is 0.304 e. The molecule has 0 spiro atoms. The summed E-state index contributed by atoms with van der Waals surface area (Å²) in [5.41, 5.74) is 0.565. The van der Waals surface area contributed by atoms with Gasteiger partial charge in [-0.15, -0.1) is 6.42 Å². The molecule has 3 saturated carbocycles. The van der Waals surface area contributed by atoms with E-state index in [4.69, 9.17) is 11.2 Å². The van der Waals surface area contributed by atoms with Crippen molar-refractivity contribution < 1.29 is 14.3 Å². The number of esters is 1. The molecule has 0 unspecified atom stereocenters. The van der Waals surface area contributed by atoms with Crippen LogP contribution in [0.25, 0.3) is 0 Å². The number of carbonyl (C=O) groups excluding carboxylic acids is 2. The van der Waals surface area contributed by atoms with Crippen molar-refractivity contribution in [1.82, 2.24) is 0 Å². The zero-order chi connectivity index (χ0) is 17.8. The van der Waals surface area contributed by atoms with Crippen LogP contribution in [0.2, 0.25) is 0 Å². The van der Waals surface area contributed by atoms with E-state index in [2.05, 4.69) is 12.8 Å². The molecule has 134 valence electrons. The van der Waals surface area contributed by atoms with Crippen molar-refractivity contribution in [3.05, 3.63) is 11.6 Å². The molecule has 0 N–H and O–H groups in total. The average molecular weight is 340 g/mol. The van der Waals surface area contributed by atoms with Gasteiger partial charge in [0.25, 0.3) is 0 Å². The molecular weight excluding hydrogens is 312 g/mol. The van der Waals surface area contributed by atoms with E-state index < -0.39 is 5.60 Å². The van der Waals surface area contributed by atoms with Crippen LogP contribution in [0.1, 0.15) is 65.2 Å². The van der Waals surface area contributed by atoms with E-state index in [1.807, 2.05) is 6.08 Å². The molecule has 0 saturated heterocycles. The normalized spacial score (nSPS) is 45.5. The highest BCUT2D eigenvalue weighted by Crippen LogP contribution is 2.65. The number of ether oxygens (including phenoxy) is 1. The van der Waals surface area contributed by atoms with E-state index in [1.54, 1.807) is 0 Å². The molecule has 0 amide bonds. The Morgan fingerprint density at radius 1 is 1.20 bits per heavy atom. The van der Waals surface area contributed by atoms with Crippen molar-refractivity contribution in [2.75, 3.05) is 0 Å². The minimum Gasteiger partial charge on any atom is -0.445 e. The standard InChI is InChI=1S/C22H28O3/c1-4-22(25-14(2)23)12-10-20-19-7-5-15-13-16(24)6-8-17(15)18(19)9-11-21(20,22)3/h1,13,17-20H,5-12H2,2-3H3/t17-,18-,19-,20-,21-,22-/m0/s1. The molecule has 4 rings (SSSR count). The third-order valence-corrected chi connectivity index (χ3v) is 7.97. The molecule has 0 aromatic rings. The Hall–Kier alpha value is -1.56.